The summed E-state index contributed by atoms with van der Waals surface area (Å²) >= 11 is 0. The second-order valence-corrected chi connectivity index (χ2v) is 7.61. The van der Waals surface area contributed by atoms with Gasteiger partial charge in [-0.1, -0.05) is 6.07 Å². The van der Waals surface area contributed by atoms with Crippen LogP contribution in [-0.2, 0) is 6.54 Å². The lowest BCUT2D eigenvalue weighted by Gasteiger charge is -2.23. The van der Waals surface area contributed by atoms with Gasteiger partial charge < -0.3 is 9.73 Å². The standard InChI is InChI=1S/C21H19F3N6O2/c22-15-2-1-3-16-17(15)29(21(31)30(16)14-6-8-25-9-7-14)11-13-5-4-12(10-26-13)19-27-28-20(32-19)18(23)24/h1-5,10,14,18,25H,6-9,11H2. The lowest BCUT2D eigenvalue weighted by atomic mass is 10.1. The SMILES string of the molecule is O=c1n(Cc2ccc(-c3nnc(C(F)F)o3)cn2)c2c(F)cccc2n1C1CCNCC1. The average Bonchev–Trinajstić information content (AvgIpc) is 3.40. The van der Waals surface area contributed by atoms with Gasteiger partial charge in [0, 0.05) is 12.2 Å². The number of benzene rings is 1. The van der Waals surface area contributed by atoms with E-state index < -0.39 is 18.1 Å². The van der Waals surface area contributed by atoms with Crippen molar-refractivity contribution in [3.05, 3.63) is 64.4 Å². The van der Waals surface area contributed by atoms with Crippen molar-refractivity contribution in [2.45, 2.75) is 31.9 Å². The maximum absolute atomic E-state index is 14.8. The highest BCUT2D eigenvalue weighted by Crippen LogP contribution is 2.26. The van der Waals surface area contributed by atoms with Crippen molar-refractivity contribution in [3.8, 4) is 11.5 Å². The Kier molecular flexibility index (Phi) is 5.25. The second-order valence-electron chi connectivity index (χ2n) is 7.61. The zero-order valence-electron chi connectivity index (χ0n) is 16.8. The molecule has 0 bridgehead atoms. The van der Waals surface area contributed by atoms with Crippen LogP contribution in [0.5, 0.6) is 0 Å². The number of hydrogen-bond acceptors (Lipinski definition) is 6. The number of para-hydroxylation sites is 1. The zero-order valence-corrected chi connectivity index (χ0v) is 16.8. The smallest absolute Gasteiger partial charge is 0.329 e. The summed E-state index contributed by atoms with van der Waals surface area (Å²) in [6.07, 6.45) is 0.106. The lowest BCUT2D eigenvalue weighted by molar-refractivity contribution is 0.116. The van der Waals surface area contributed by atoms with E-state index in [0.29, 0.717) is 16.8 Å². The van der Waals surface area contributed by atoms with Crippen molar-refractivity contribution in [3.63, 3.8) is 0 Å². The second kappa shape index (κ2) is 8.23. The highest BCUT2D eigenvalue weighted by atomic mass is 19.3. The molecular weight excluding hydrogens is 425 g/mol. The number of hydrogen-bond donors (Lipinski definition) is 1. The number of imidazole rings is 1. The number of halogens is 3. The molecule has 1 N–H and O–H groups in total. The predicted octanol–water partition coefficient (Wildman–Crippen LogP) is 3.30. The van der Waals surface area contributed by atoms with Gasteiger partial charge in [0.25, 0.3) is 5.89 Å². The molecule has 1 aliphatic heterocycles. The number of pyridine rings is 1. The molecule has 1 fully saturated rings. The molecule has 0 amide bonds. The first kappa shape index (κ1) is 20.4. The van der Waals surface area contributed by atoms with Crippen LogP contribution in [0, 0.1) is 5.82 Å². The molecule has 0 radical (unpaired) electrons. The van der Waals surface area contributed by atoms with E-state index in [0.717, 1.165) is 25.9 Å². The molecule has 4 aromatic rings. The Labute approximate surface area is 179 Å². The number of fused-ring (bicyclic) bond motifs is 1. The lowest BCUT2D eigenvalue weighted by Crippen LogP contribution is -2.35. The topological polar surface area (TPSA) is 90.8 Å². The van der Waals surface area contributed by atoms with E-state index in [9.17, 15) is 18.0 Å². The van der Waals surface area contributed by atoms with Gasteiger partial charge in [0.2, 0.25) is 5.89 Å². The monoisotopic (exact) mass is 444 g/mol. The molecule has 4 heterocycles. The molecule has 166 valence electrons. The number of piperidine rings is 1. The zero-order chi connectivity index (χ0) is 22.2. The molecule has 3 aromatic heterocycles. The summed E-state index contributed by atoms with van der Waals surface area (Å²) in [5, 5.41) is 10.2. The van der Waals surface area contributed by atoms with Gasteiger partial charge in [-0.05, 0) is 50.2 Å². The quantitative estimate of drug-likeness (QED) is 0.508. The van der Waals surface area contributed by atoms with Gasteiger partial charge in [-0.2, -0.15) is 8.78 Å². The van der Waals surface area contributed by atoms with Crippen LogP contribution in [0.2, 0.25) is 0 Å². The summed E-state index contributed by atoms with van der Waals surface area (Å²) < 4.78 is 48.1. The van der Waals surface area contributed by atoms with E-state index in [4.69, 9.17) is 4.42 Å². The molecule has 0 saturated carbocycles. The largest absolute Gasteiger partial charge is 0.415 e. The fourth-order valence-electron chi connectivity index (χ4n) is 4.10. The normalized spacial score (nSPS) is 15.1. The van der Waals surface area contributed by atoms with Gasteiger partial charge in [0.1, 0.15) is 11.3 Å². The first-order valence-corrected chi connectivity index (χ1v) is 10.2. The van der Waals surface area contributed by atoms with E-state index in [1.807, 2.05) is 0 Å². The predicted molar refractivity (Wildman–Crippen MR) is 109 cm³/mol. The van der Waals surface area contributed by atoms with Crippen molar-refractivity contribution in [2.75, 3.05) is 13.1 Å². The molecule has 1 saturated heterocycles. The molecule has 0 spiro atoms. The van der Waals surface area contributed by atoms with Crippen LogP contribution in [0.4, 0.5) is 13.2 Å². The van der Waals surface area contributed by atoms with Crippen molar-refractivity contribution >= 4 is 11.0 Å². The summed E-state index contributed by atoms with van der Waals surface area (Å²) in [5.74, 6) is -1.32. The summed E-state index contributed by atoms with van der Waals surface area (Å²) in [5.41, 5.74) is 1.37. The van der Waals surface area contributed by atoms with Gasteiger partial charge in [-0.3, -0.25) is 14.1 Å². The molecule has 0 aliphatic carbocycles. The summed E-state index contributed by atoms with van der Waals surface area (Å²) in [6, 6.07) is 7.87. The number of alkyl halides is 2. The van der Waals surface area contributed by atoms with Gasteiger partial charge in [0.05, 0.1) is 23.3 Å². The Morgan fingerprint density at radius 1 is 1.16 bits per heavy atom. The third-order valence-electron chi connectivity index (χ3n) is 5.62. The molecule has 8 nitrogen and oxygen atoms in total. The Morgan fingerprint density at radius 3 is 2.66 bits per heavy atom. The maximum atomic E-state index is 14.8. The third kappa shape index (κ3) is 3.58. The van der Waals surface area contributed by atoms with Crippen LogP contribution in [0.25, 0.3) is 22.5 Å². The van der Waals surface area contributed by atoms with Crippen molar-refractivity contribution in [1.82, 2.24) is 29.6 Å². The van der Waals surface area contributed by atoms with E-state index in [1.165, 1.54) is 16.8 Å². The minimum atomic E-state index is -2.86. The number of aromatic nitrogens is 5. The highest BCUT2D eigenvalue weighted by molar-refractivity contribution is 5.77. The molecule has 32 heavy (non-hydrogen) atoms. The van der Waals surface area contributed by atoms with Crippen LogP contribution in [0.3, 0.4) is 0 Å². The minimum absolute atomic E-state index is 0.00815. The number of nitrogens with zero attached hydrogens (tertiary/aromatic N) is 5. The van der Waals surface area contributed by atoms with E-state index in [2.05, 4.69) is 20.5 Å². The fraction of sp³-hybridized carbons (Fsp3) is 0.333. The Hall–Kier alpha value is -3.47. The number of rotatable bonds is 5. The summed E-state index contributed by atoms with van der Waals surface area (Å²) in [4.78, 5) is 17.6. The van der Waals surface area contributed by atoms with Crippen LogP contribution in [0.1, 0.15) is 36.9 Å². The van der Waals surface area contributed by atoms with Gasteiger partial charge in [-0.15, -0.1) is 10.2 Å². The molecule has 1 aromatic carbocycles. The minimum Gasteiger partial charge on any atom is -0.415 e. The first-order chi connectivity index (χ1) is 15.5. The number of nitrogens with one attached hydrogen (secondary N) is 1. The van der Waals surface area contributed by atoms with Crippen molar-refractivity contribution < 1.29 is 17.6 Å². The molecule has 11 heteroatoms. The highest BCUT2D eigenvalue weighted by Gasteiger charge is 2.24. The van der Waals surface area contributed by atoms with E-state index in [1.54, 1.807) is 28.8 Å². The molecule has 0 atom stereocenters. The summed E-state index contributed by atoms with van der Waals surface area (Å²) in [6.45, 7) is 1.65. The van der Waals surface area contributed by atoms with E-state index >= 15 is 0 Å². The van der Waals surface area contributed by atoms with E-state index in [-0.39, 0.29) is 29.7 Å². The molecular formula is C21H19F3N6O2. The Balaban J connectivity index is 1.50. The van der Waals surface area contributed by atoms with Crippen LogP contribution < -0.4 is 11.0 Å². The Morgan fingerprint density at radius 2 is 1.97 bits per heavy atom. The molecule has 1 aliphatic rings. The van der Waals surface area contributed by atoms with Crippen molar-refractivity contribution in [1.29, 1.82) is 0 Å². The maximum Gasteiger partial charge on any atom is 0.329 e. The average molecular weight is 444 g/mol. The van der Waals surface area contributed by atoms with Gasteiger partial charge >= 0.3 is 12.1 Å². The van der Waals surface area contributed by atoms with Gasteiger partial charge in [-0.25, -0.2) is 9.18 Å². The van der Waals surface area contributed by atoms with Crippen molar-refractivity contribution in [2.24, 2.45) is 0 Å². The van der Waals surface area contributed by atoms with Crippen LogP contribution in [0.15, 0.2) is 45.7 Å². The third-order valence-corrected chi connectivity index (χ3v) is 5.62. The Bertz CT molecular complexity index is 1310. The fourth-order valence-corrected chi connectivity index (χ4v) is 4.10. The molecule has 0 unspecified atom stereocenters. The first-order valence-electron chi connectivity index (χ1n) is 10.2. The van der Waals surface area contributed by atoms with Crippen LogP contribution in [-0.4, -0.2) is 37.4 Å². The molecule has 5 rings (SSSR count). The summed E-state index contributed by atoms with van der Waals surface area (Å²) in [7, 11) is 0. The van der Waals surface area contributed by atoms with Gasteiger partial charge in [0.15, 0.2) is 0 Å². The van der Waals surface area contributed by atoms with Crippen LogP contribution >= 0.6 is 0 Å².